The average Bonchev–Trinajstić information content (AvgIpc) is 2.47. The highest BCUT2D eigenvalue weighted by atomic mass is 127. The quantitative estimate of drug-likeness (QED) is 0.712. The molecule has 0 radical (unpaired) electrons. The zero-order valence-electron chi connectivity index (χ0n) is 11.2. The first-order chi connectivity index (χ1) is 9.67. The molecule has 1 heterocycles. The summed E-state index contributed by atoms with van der Waals surface area (Å²) < 4.78 is 7.54. The van der Waals surface area contributed by atoms with Crippen molar-refractivity contribution in [3.05, 3.63) is 49.9 Å². The second kappa shape index (κ2) is 7.33. The second-order valence-corrected chi connectivity index (χ2v) is 6.21. The van der Waals surface area contributed by atoms with Crippen LogP contribution in [-0.4, -0.2) is 23.6 Å². The van der Waals surface area contributed by atoms with Crippen molar-refractivity contribution in [3.63, 3.8) is 0 Å². The Morgan fingerprint density at radius 3 is 2.80 bits per heavy atom. The summed E-state index contributed by atoms with van der Waals surface area (Å²) in [6.07, 6.45) is 3.32. The van der Waals surface area contributed by atoms with Crippen molar-refractivity contribution in [3.8, 4) is 5.88 Å². The van der Waals surface area contributed by atoms with Crippen molar-refractivity contribution < 1.29 is 4.74 Å². The third kappa shape index (κ3) is 3.48. The molecule has 1 atom stereocenters. The molecule has 0 spiro atoms. The van der Waals surface area contributed by atoms with Crippen molar-refractivity contribution in [1.29, 1.82) is 0 Å². The summed E-state index contributed by atoms with van der Waals surface area (Å²) in [6.45, 7) is 2.89. The second-order valence-electron chi connectivity index (χ2n) is 4.11. The highest BCUT2D eigenvalue weighted by Crippen LogP contribution is 2.32. The first-order valence-electron chi connectivity index (χ1n) is 6.20. The zero-order valence-corrected chi connectivity index (χ0v) is 15.0. The van der Waals surface area contributed by atoms with E-state index in [1.807, 2.05) is 6.07 Å². The Morgan fingerprint density at radius 2 is 2.10 bits per heavy atom. The molecule has 1 aromatic heterocycles. The fourth-order valence-electron chi connectivity index (χ4n) is 1.99. The molecule has 4 nitrogen and oxygen atoms in total. The van der Waals surface area contributed by atoms with Crippen LogP contribution in [0.4, 0.5) is 0 Å². The van der Waals surface area contributed by atoms with Gasteiger partial charge in [0.25, 0.3) is 0 Å². The first kappa shape index (κ1) is 15.7. The predicted molar refractivity (Wildman–Crippen MR) is 91.0 cm³/mol. The van der Waals surface area contributed by atoms with Gasteiger partial charge in [0.15, 0.2) is 0 Å². The van der Waals surface area contributed by atoms with E-state index in [-0.39, 0.29) is 6.04 Å². The molecule has 0 bridgehead atoms. The number of benzene rings is 1. The van der Waals surface area contributed by atoms with Crippen LogP contribution in [0.25, 0.3) is 0 Å². The molecule has 0 aliphatic rings. The third-order valence-corrected chi connectivity index (χ3v) is 4.23. The predicted octanol–water partition coefficient (Wildman–Crippen LogP) is 3.55. The van der Waals surface area contributed by atoms with Crippen LogP contribution in [0.15, 0.2) is 35.1 Å². The fraction of sp³-hybridized carbons (Fsp3) is 0.286. The highest BCUT2D eigenvalue weighted by Gasteiger charge is 2.22. The van der Waals surface area contributed by atoms with Gasteiger partial charge < -0.3 is 10.1 Å². The first-order valence-corrected chi connectivity index (χ1v) is 8.07. The zero-order chi connectivity index (χ0) is 14.5. The lowest BCUT2D eigenvalue weighted by Crippen LogP contribution is -2.24. The Bertz CT molecular complexity index is 594. The van der Waals surface area contributed by atoms with Gasteiger partial charge >= 0.3 is 0 Å². The smallest absolute Gasteiger partial charge is 0.237 e. The monoisotopic (exact) mass is 447 g/mol. The number of halogens is 2. The van der Waals surface area contributed by atoms with E-state index in [2.05, 4.69) is 72.9 Å². The van der Waals surface area contributed by atoms with Gasteiger partial charge in [-0.05, 0) is 52.9 Å². The molecule has 1 N–H and O–H groups in total. The maximum Gasteiger partial charge on any atom is 0.237 e. The van der Waals surface area contributed by atoms with Crippen molar-refractivity contribution in [2.75, 3.05) is 13.7 Å². The van der Waals surface area contributed by atoms with Gasteiger partial charge in [-0.3, -0.25) is 4.98 Å². The molecule has 2 rings (SSSR count). The lowest BCUT2D eigenvalue weighted by Gasteiger charge is -2.20. The van der Waals surface area contributed by atoms with Crippen LogP contribution in [-0.2, 0) is 0 Å². The van der Waals surface area contributed by atoms with E-state index in [4.69, 9.17) is 4.74 Å². The minimum absolute atomic E-state index is 0.0623. The maximum atomic E-state index is 5.33. The number of rotatable bonds is 5. The van der Waals surface area contributed by atoms with E-state index in [0.717, 1.165) is 22.3 Å². The lowest BCUT2D eigenvalue weighted by atomic mass is 10.0. The van der Waals surface area contributed by atoms with Gasteiger partial charge in [0.1, 0.15) is 5.69 Å². The molecular formula is C14H15BrIN3O. The number of ether oxygens (including phenoxy) is 1. The Morgan fingerprint density at radius 1 is 1.35 bits per heavy atom. The third-order valence-electron chi connectivity index (χ3n) is 2.84. The summed E-state index contributed by atoms with van der Waals surface area (Å²) in [5, 5.41) is 3.44. The molecular weight excluding hydrogens is 433 g/mol. The van der Waals surface area contributed by atoms with Crippen LogP contribution in [0, 0.1) is 3.57 Å². The topological polar surface area (TPSA) is 47.0 Å². The molecule has 0 saturated carbocycles. The number of nitrogens with zero attached hydrogens (tertiary/aromatic N) is 2. The normalized spacial score (nSPS) is 12.2. The van der Waals surface area contributed by atoms with Crippen LogP contribution < -0.4 is 10.1 Å². The molecule has 2 aromatic rings. The summed E-state index contributed by atoms with van der Waals surface area (Å²) in [5.74, 6) is 0.546. The molecule has 1 unspecified atom stereocenters. The molecule has 1 aromatic carbocycles. The SMILES string of the molecule is CCNC(c1cc(I)ccc1Br)c1nccnc1OC. The van der Waals surface area contributed by atoms with E-state index < -0.39 is 0 Å². The van der Waals surface area contributed by atoms with Gasteiger partial charge in [0.05, 0.1) is 13.2 Å². The van der Waals surface area contributed by atoms with Crippen molar-refractivity contribution in [1.82, 2.24) is 15.3 Å². The van der Waals surface area contributed by atoms with E-state index in [0.29, 0.717) is 5.88 Å². The largest absolute Gasteiger partial charge is 0.480 e. The lowest BCUT2D eigenvalue weighted by molar-refractivity contribution is 0.383. The summed E-state index contributed by atoms with van der Waals surface area (Å²) >= 11 is 5.92. The van der Waals surface area contributed by atoms with E-state index >= 15 is 0 Å². The summed E-state index contributed by atoms with van der Waals surface area (Å²) in [4.78, 5) is 8.68. The van der Waals surface area contributed by atoms with Crippen LogP contribution in [0.3, 0.4) is 0 Å². The summed E-state index contributed by atoms with van der Waals surface area (Å²) in [5.41, 5.74) is 1.91. The van der Waals surface area contributed by atoms with Crippen LogP contribution in [0.2, 0.25) is 0 Å². The number of nitrogens with one attached hydrogen (secondary N) is 1. The molecule has 0 aliphatic carbocycles. The Labute approximate surface area is 140 Å². The maximum absolute atomic E-state index is 5.33. The molecule has 20 heavy (non-hydrogen) atoms. The highest BCUT2D eigenvalue weighted by molar-refractivity contribution is 14.1. The molecule has 0 aliphatic heterocycles. The van der Waals surface area contributed by atoms with Crippen molar-refractivity contribution in [2.45, 2.75) is 13.0 Å². The van der Waals surface area contributed by atoms with E-state index in [1.54, 1.807) is 19.5 Å². The summed E-state index contributed by atoms with van der Waals surface area (Å²) in [6, 6.07) is 6.18. The molecule has 106 valence electrons. The Balaban J connectivity index is 2.53. The van der Waals surface area contributed by atoms with Crippen molar-refractivity contribution >= 4 is 38.5 Å². The van der Waals surface area contributed by atoms with Gasteiger partial charge in [-0.15, -0.1) is 0 Å². The van der Waals surface area contributed by atoms with E-state index in [1.165, 1.54) is 3.57 Å². The number of hydrogen-bond acceptors (Lipinski definition) is 4. The fourth-order valence-corrected chi connectivity index (χ4v) is 2.98. The van der Waals surface area contributed by atoms with Gasteiger partial charge in [-0.2, -0.15) is 0 Å². The number of aromatic nitrogens is 2. The Kier molecular flexibility index (Phi) is 5.74. The minimum atomic E-state index is -0.0623. The van der Waals surface area contributed by atoms with Crippen LogP contribution >= 0.6 is 38.5 Å². The van der Waals surface area contributed by atoms with Crippen LogP contribution in [0.1, 0.15) is 24.2 Å². The molecule has 0 saturated heterocycles. The van der Waals surface area contributed by atoms with Crippen LogP contribution in [0.5, 0.6) is 5.88 Å². The molecule has 0 amide bonds. The van der Waals surface area contributed by atoms with Gasteiger partial charge in [-0.1, -0.05) is 22.9 Å². The van der Waals surface area contributed by atoms with E-state index in [9.17, 15) is 0 Å². The average molecular weight is 448 g/mol. The van der Waals surface area contributed by atoms with Gasteiger partial charge in [0.2, 0.25) is 5.88 Å². The molecule has 6 heteroatoms. The standard InChI is InChI=1S/C14H15BrIN3O/c1-3-17-12(10-8-9(16)4-5-11(10)15)13-14(20-2)19-7-6-18-13/h4-8,12,17H,3H2,1-2H3. The number of hydrogen-bond donors (Lipinski definition) is 1. The Hall–Kier alpha value is -0.730. The minimum Gasteiger partial charge on any atom is -0.480 e. The van der Waals surface area contributed by atoms with Gasteiger partial charge in [0, 0.05) is 20.4 Å². The molecule has 0 fully saturated rings. The van der Waals surface area contributed by atoms with Crippen molar-refractivity contribution in [2.24, 2.45) is 0 Å². The summed E-state index contributed by atoms with van der Waals surface area (Å²) in [7, 11) is 1.61. The van der Waals surface area contributed by atoms with Gasteiger partial charge in [-0.25, -0.2) is 4.98 Å². The number of methoxy groups -OCH3 is 1.